The van der Waals surface area contributed by atoms with E-state index in [0.717, 1.165) is 52.4 Å². The molecule has 0 spiro atoms. The first-order valence-electron chi connectivity index (χ1n) is 12.8. The van der Waals surface area contributed by atoms with Crippen molar-refractivity contribution in [2.75, 3.05) is 59.4 Å². The number of carbonyl (C=O) groups is 3. The van der Waals surface area contributed by atoms with E-state index in [-0.39, 0.29) is 17.7 Å². The number of piperazine rings is 1. The predicted octanol–water partition coefficient (Wildman–Crippen LogP) is 3.87. The maximum absolute atomic E-state index is 10.8. The minimum Gasteiger partial charge on any atom is -0.343 e. The molecular weight excluding hydrogens is 404 g/mol. The lowest BCUT2D eigenvalue weighted by atomic mass is 10.1. The number of likely N-dealkylation sites (N-methyl/N-ethyl adjacent to an activating group) is 1. The van der Waals surface area contributed by atoms with Gasteiger partial charge in [-0.15, -0.1) is 0 Å². The predicted molar refractivity (Wildman–Crippen MR) is 135 cm³/mol. The van der Waals surface area contributed by atoms with E-state index in [0.29, 0.717) is 0 Å². The topological polar surface area (TPSA) is 64.2 Å². The van der Waals surface area contributed by atoms with Crippen molar-refractivity contribution in [3.8, 4) is 0 Å². The highest BCUT2D eigenvalue weighted by Gasteiger charge is 2.15. The summed E-state index contributed by atoms with van der Waals surface area (Å²) in [6.07, 6.45) is 7.37. The Hall–Kier alpha value is -1.63. The van der Waals surface area contributed by atoms with E-state index in [1.807, 2.05) is 42.4 Å². The molecule has 0 bridgehead atoms. The van der Waals surface area contributed by atoms with Crippen molar-refractivity contribution in [3.63, 3.8) is 0 Å². The number of hydrogen-bond acceptors (Lipinski definition) is 4. The lowest BCUT2D eigenvalue weighted by molar-refractivity contribution is -0.131. The largest absolute Gasteiger partial charge is 0.343 e. The summed E-state index contributed by atoms with van der Waals surface area (Å²) in [4.78, 5) is 40.2. The van der Waals surface area contributed by atoms with Crippen LogP contribution in [0.25, 0.3) is 0 Å². The molecule has 32 heavy (non-hydrogen) atoms. The van der Waals surface area contributed by atoms with E-state index in [9.17, 15) is 14.4 Å². The van der Waals surface area contributed by atoms with Gasteiger partial charge in [-0.1, -0.05) is 27.7 Å². The Kier molecular flexibility index (Phi) is 21.6. The molecule has 0 aromatic carbocycles. The number of amides is 3. The lowest BCUT2D eigenvalue weighted by Crippen LogP contribution is -2.46. The van der Waals surface area contributed by atoms with E-state index in [1.54, 1.807) is 20.8 Å². The van der Waals surface area contributed by atoms with Gasteiger partial charge in [-0.25, -0.2) is 0 Å². The molecule has 0 radical (unpaired) electrons. The second-order valence-electron chi connectivity index (χ2n) is 7.94. The van der Waals surface area contributed by atoms with Crippen LogP contribution in [0, 0.1) is 0 Å². The summed E-state index contributed by atoms with van der Waals surface area (Å²) in [5.74, 6) is 0.664. The van der Waals surface area contributed by atoms with Gasteiger partial charge in [0.1, 0.15) is 0 Å². The molecule has 3 aliphatic rings. The van der Waals surface area contributed by atoms with Gasteiger partial charge in [0.05, 0.1) is 0 Å². The van der Waals surface area contributed by atoms with Crippen LogP contribution in [-0.2, 0) is 14.4 Å². The fraction of sp³-hybridized carbons (Fsp3) is 0.880. The highest BCUT2D eigenvalue weighted by molar-refractivity contribution is 5.73. The van der Waals surface area contributed by atoms with E-state index in [4.69, 9.17) is 0 Å². The molecule has 0 aliphatic carbocycles. The molecule has 3 rings (SSSR count). The number of rotatable bonds is 0. The fourth-order valence-corrected chi connectivity index (χ4v) is 3.54. The first kappa shape index (κ1) is 32.5. The van der Waals surface area contributed by atoms with Crippen molar-refractivity contribution in [2.45, 2.75) is 87.0 Å². The zero-order valence-electron chi connectivity index (χ0n) is 22.4. The summed E-state index contributed by atoms with van der Waals surface area (Å²) in [5, 5.41) is 0. The highest BCUT2D eigenvalue weighted by Crippen LogP contribution is 2.08. The van der Waals surface area contributed by atoms with Gasteiger partial charge < -0.3 is 19.6 Å². The molecule has 0 saturated carbocycles. The summed E-state index contributed by atoms with van der Waals surface area (Å²) >= 11 is 0. The molecular formula is C25H52N4O3. The van der Waals surface area contributed by atoms with Crippen molar-refractivity contribution in [2.24, 2.45) is 0 Å². The zero-order valence-corrected chi connectivity index (χ0v) is 22.4. The van der Waals surface area contributed by atoms with E-state index in [2.05, 4.69) is 11.9 Å². The summed E-state index contributed by atoms with van der Waals surface area (Å²) in [6, 6.07) is 0. The molecule has 0 N–H and O–H groups in total. The quantitative estimate of drug-likeness (QED) is 0.555. The van der Waals surface area contributed by atoms with Gasteiger partial charge >= 0.3 is 0 Å². The number of hydrogen-bond donors (Lipinski definition) is 0. The third kappa shape index (κ3) is 16.1. The minimum atomic E-state index is 0.202. The average molecular weight is 457 g/mol. The Morgan fingerprint density at radius 2 is 0.688 bits per heavy atom. The molecule has 7 nitrogen and oxygen atoms in total. The van der Waals surface area contributed by atoms with E-state index >= 15 is 0 Å². The first-order chi connectivity index (χ1) is 15.3. The van der Waals surface area contributed by atoms with Crippen LogP contribution in [0.15, 0.2) is 0 Å². The normalized spacial score (nSPS) is 18.2. The molecule has 3 aliphatic heterocycles. The van der Waals surface area contributed by atoms with Crippen molar-refractivity contribution in [1.29, 1.82) is 0 Å². The Bertz CT molecular complexity index is 452. The molecule has 0 aromatic heterocycles. The Morgan fingerprint density at radius 3 is 0.906 bits per heavy atom. The van der Waals surface area contributed by atoms with E-state index < -0.39 is 0 Å². The highest BCUT2D eigenvalue weighted by atomic mass is 16.2. The fourth-order valence-electron chi connectivity index (χ4n) is 3.54. The summed E-state index contributed by atoms with van der Waals surface area (Å²) < 4.78 is 0. The Labute approximate surface area is 198 Å². The van der Waals surface area contributed by atoms with E-state index in [1.165, 1.54) is 38.5 Å². The van der Waals surface area contributed by atoms with Gasteiger partial charge in [0, 0.05) is 73.1 Å². The smallest absolute Gasteiger partial charge is 0.219 e. The Morgan fingerprint density at radius 1 is 0.438 bits per heavy atom. The van der Waals surface area contributed by atoms with Gasteiger partial charge in [-0.05, 0) is 45.6 Å². The standard InChI is InChI=1S/C7H14N2O.2C7H13NO.2C2H6/c1-7(10)9-5-3-8(2)4-6-9;2*1-7(9)8-5-3-2-4-6-8;2*1-2/h3-6H2,1-2H3;2*2-6H2,1H3;2*1-2H3. The van der Waals surface area contributed by atoms with Gasteiger partial charge in [0.25, 0.3) is 0 Å². The van der Waals surface area contributed by atoms with Crippen LogP contribution in [0.2, 0.25) is 0 Å². The summed E-state index contributed by atoms with van der Waals surface area (Å²) in [6.45, 7) is 20.7. The molecule has 3 heterocycles. The van der Waals surface area contributed by atoms with Crippen LogP contribution in [-0.4, -0.2) is 96.7 Å². The molecule has 0 aromatic rings. The van der Waals surface area contributed by atoms with Gasteiger partial charge in [-0.2, -0.15) is 0 Å². The molecule has 3 fully saturated rings. The third-order valence-electron chi connectivity index (χ3n) is 5.55. The van der Waals surface area contributed by atoms with Crippen LogP contribution in [0.1, 0.15) is 87.0 Å². The number of piperidine rings is 2. The van der Waals surface area contributed by atoms with Gasteiger partial charge in [0.2, 0.25) is 17.7 Å². The third-order valence-corrected chi connectivity index (χ3v) is 5.55. The maximum atomic E-state index is 10.8. The van der Waals surface area contributed by atoms with Crippen LogP contribution in [0.5, 0.6) is 0 Å². The van der Waals surface area contributed by atoms with Crippen LogP contribution < -0.4 is 0 Å². The van der Waals surface area contributed by atoms with Gasteiger partial charge in [0.15, 0.2) is 0 Å². The van der Waals surface area contributed by atoms with Crippen molar-refractivity contribution < 1.29 is 14.4 Å². The van der Waals surface area contributed by atoms with Crippen molar-refractivity contribution in [3.05, 3.63) is 0 Å². The SMILES string of the molecule is CC.CC.CC(=O)N1CCCCC1.CC(=O)N1CCCCC1.CC(=O)N1CCN(C)CC1. The van der Waals surface area contributed by atoms with Crippen LogP contribution in [0.3, 0.4) is 0 Å². The first-order valence-corrected chi connectivity index (χ1v) is 12.8. The summed E-state index contributed by atoms with van der Waals surface area (Å²) in [7, 11) is 2.08. The second-order valence-corrected chi connectivity index (χ2v) is 7.94. The molecule has 0 unspecified atom stereocenters. The number of nitrogens with zero attached hydrogens (tertiary/aromatic N) is 4. The number of carbonyl (C=O) groups excluding carboxylic acids is 3. The second kappa shape index (κ2) is 21.2. The average Bonchev–Trinajstić information content (AvgIpc) is 2.84. The lowest BCUT2D eigenvalue weighted by Gasteiger charge is -2.31. The Balaban J connectivity index is 0. The molecule has 190 valence electrons. The van der Waals surface area contributed by atoms with Crippen molar-refractivity contribution >= 4 is 17.7 Å². The summed E-state index contributed by atoms with van der Waals surface area (Å²) in [5.41, 5.74) is 0. The molecule has 7 heteroatoms. The zero-order chi connectivity index (χ0) is 24.9. The minimum absolute atomic E-state index is 0.202. The monoisotopic (exact) mass is 456 g/mol. The maximum Gasteiger partial charge on any atom is 0.219 e. The van der Waals surface area contributed by atoms with Crippen LogP contribution >= 0.6 is 0 Å². The molecule has 3 amide bonds. The number of likely N-dealkylation sites (tertiary alicyclic amines) is 2. The van der Waals surface area contributed by atoms with Gasteiger partial charge in [-0.3, -0.25) is 14.4 Å². The van der Waals surface area contributed by atoms with Crippen LogP contribution in [0.4, 0.5) is 0 Å². The van der Waals surface area contributed by atoms with Crippen molar-refractivity contribution in [1.82, 2.24) is 19.6 Å². The molecule has 0 atom stereocenters. The molecule has 3 saturated heterocycles.